The Bertz CT molecular complexity index is 951. The molecule has 34 heavy (non-hydrogen) atoms. The third-order valence-corrected chi connectivity index (χ3v) is 5.50. The number of hydrogen-bond donors (Lipinski definition) is 3. The Morgan fingerprint density at radius 2 is 1.24 bits per heavy atom. The molecule has 3 aromatic carbocycles. The number of aliphatic hydroxyl groups is 2. The van der Waals surface area contributed by atoms with Crippen LogP contribution in [0, 0.1) is 0 Å². The van der Waals surface area contributed by atoms with E-state index in [1.807, 2.05) is 72.5 Å². The summed E-state index contributed by atoms with van der Waals surface area (Å²) in [6.07, 6.45) is -1.40. The molecule has 0 spiro atoms. The lowest BCUT2D eigenvalue weighted by atomic mass is 10.1. The molecule has 0 fully saturated rings. The van der Waals surface area contributed by atoms with Crippen molar-refractivity contribution >= 4 is 5.91 Å². The van der Waals surface area contributed by atoms with Crippen LogP contribution in [-0.4, -0.2) is 53.4 Å². The first-order chi connectivity index (χ1) is 16.4. The predicted molar refractivity (Wildman–Crippen MR) is 130 cm³/mol. The second-order valence-corrected chi connectivity index (χ2v) is 8.19. The van der Waals surface area contributed by atoms with Crippen molar-refractivity contribution in [1.82, 2.24) is 4.90 Å². The van der Waals surface area contributed by atoms with Gasteiger partial charge in [0.1, 0.15) is 18.1 Å². The van der Waals surface area contributed by atoms with Gasteiger partial charge in [0.15, 0.2) is 6.61 Å². The van der Waals surface area contributed by atoms with E-state index in [0.717, 1.165) is 11.1 Å². The highest BCUT2D eigenvalue weighted by molar-refractivity contribution is 5.75. The molecule has 0 saturated carbocycles. The highest BCUT2D eigenvalue weighted by Gasteiger charge is 2.23. The largest absolute Gasteiger partial charge is 0.492 e. The van der Waals surface area contributed by atoms with Crippen LogP contribution in [0.4, 0.5) is 0 Å². The van der Waals surface area contributed by atoms with Crippen LogP contribution in [0.25, 0.3) is 0 Å². The second kappa shape index (κ2) is 12.7. The summed E-state index contributed by atoms with van der Waals surface area (Å²) in [6, 6.07) is 25.8. The van der Waals surface area contributed by atoms with Crippen molar-refractivity contribution in [1.29, 1.82) is 0 Å². The summed E-state index contributed by atoms with van der Waals surface area (Å²) >= 11 is 0. The van der Waals surface area contributed by atoms with Gasteiger partial charge in [-0.25, -0.2) is 0 Å². The minimum Gasteiger partial charge on any atom is -0.492 e. The Kier molecular flexibility index (Phi) is 9.46. The van der Waals surface area contributed by atoms with Gasteiger partial charge in [-0.05, 0) is 42.3 Å². The highest BCUT2D eigenvalue weighted by atomic mass is 16.5. The van der Waals surface area contributed by atoms with Crippen molar-refractivity contribution in [2.24, 2.45) is 5.73 Å². The lowest BCUT2D eigenvalue weighted by molar-refractivity contribution is -0.119. The molecule has 3 rings (SSSR count). The summed E-state index contributed by atoms with van der Waals surface area (Å²) in [5.74, 6) is 0.632. The Morgan fingerprint density at radius 1 is 0.794 bits per heavy atom. The van der Waals surface area contributed by atoms with Crippen LogP contribution in [0.2, 0.25) is 0 Å². The van der Waals surface area contributed by atoms with Gasteiger partial charge in [0, 0.05) is 19.1 Å². The van der Waals surface area contributed by atoms with Gasteiger partial charge in [-0.15, -0.1) is 0 Å². The lowest BCUT2D eigenvalue weighted by Gasteiger charge is -2.32. The number of ether oxygens (including phenoxy) is 2. The van der Waals surface area contributed by atoms with Crippen LogP contribution in [-0.2, 0) is 4.79 Å². The molecule has 0 unspecified atom stereocenters. The zero-order valence-electron chi connectivity index (χ0n) is 19.3. The molecule has 7 heteroatoms. The molecule has 0 aliphatic heterocycles. The van der Waals surface area contributed by atoms with E-state index in [1.54, 1.807) is 24.3 Å². The van der Waals surface area contributed by atoms with Crippen LogP contribution in [0.15, 0.2) is 84.9 Å². The fraction of sp³-hybridized carbons (Fsp3) is 0.296. The number of rotatable bonds is 13. The van der Waals surface area contributed by atoms with Gasteiger partial charge in [-0.1, -0.05) is 60.7 Å². The van der Waals surface area contributed by atoms with E-state index in [-0.39, 0.29) is 12.6 Å². The quantitative estimate of drug-likeness (QED) is 0.359. The Balaban J connectivity index is 1.64. The molecule has 4 N–H and O–H groups in total. The summed E-state index contributed by atoms with van der Waals surface area (Å²) in [6.45, 7) is 2.86. The standard InChI is InChI=1S/C27H32N2O5/c1-20(18-33-23-12-14-24(15-13-23)34-19-27(28)32)29(16-25(30)21-8-4-2-5-9-21)17-26(31)22-10-6-3-7-11-22/h2-15,20,25-26,30-31H,16-19H2,1H3,(H2,28,32)/t20-,25+,26+/m1/s1. The third kappa shape index (κ3) is 7.88. The molecule has 7 nitrogen and oxygen atoms in total. The van der Waals surface area contributed by atoms with E-state index < -0.39 is 18.1 Å². The molecular formula is C27H32N2O5. The maximum atomic E-state index is 10.8. The van der Waals surface area contributed by atoms with Gasteiger partial charge in [0.25, 0.3) is 5.91 Å². The van der Waals surface area contributed by atoms with E-state index in [2.05, 4.69) is 0 Å². The molecule has 0 aromatic heterocycles. The number of nitrogens with two attached hydrogens (primary N) is 1. The van der Waals surface area contributed by atoms with Crippen molar-refractivity contribution in [2.75, 3.05) is 26.3 Å². The fourth-order valence-corrected chi connectivity index (χ4v) is 3.55. The molecule has 3 atom stereocenters. The SMILES string of the molecule is C[C@H](COc1ccc(OCC(N)=O)cc1)N(C[C@H](O)c1ccccc1)C[C@H](O)c1ccccc1. The number of carbonyl (C=O) groups is 1. The number of nitrogens with zero attached hydrogens (tertiary/aromatic N) is 1. The first-order valence-corrected chi connectivity index (χ1v) is 11.3. The van der Waals surface area contributed by atoms with Gasteiger partial charge in [0.05, 0.1) is 12.2 Å². The van der Waals surface area contributed by atoms with Crippen LogP contribution in [0.3, 0.4) is 0 Å². The van der Waals surface area contributed by atoms with E-state index in [0.29, 0.717) is 31.2 Å². The van der Waals surface area contributed by atoms with E-state index in [1.165, 1.54) is 0 Å². The fourth-order valence-electron chi connectivity index (χ4n) is 3.55. The average Bonchev–Trinajstić information content (AvgIpc) is 2.87. The molecule has 3 aromatic rings. The summed E-state index contributed by atoms with van der Waals surface area (Å²) < 4.78 is 11.2. The van der Waals surface area contributed by atoms with Crippen molar-refractivity contribution in [3.63, 3.8) is 0 Å². The van der Waals surface area contributed by atoms with Gasteiger partial charge >= 0.3 is 0 Å². The Labute approximate surface area is 200 Å². The minimum absolute atomic E-state index is 0.0949. The smallest absolute Gasteiger partial charge is 0.255 e. The van der Waals surface area contributed by atoms with Crippen LogP contribution < -0.4 is 15.2 Å². The number of carbonyl (C=O) groups excluding carboxylic acids is 1. The number of aliphatic hydroxyl groups excluding tert-OH is 2. The van der Waals surface area contributed by atoms with Crippen molar-refractivity contribution in [2.45, 2.75) is 25.2 Å². The molecule has 0 aliphatic carbocycles. The summed E-state index contributed by atoms with van der Waals surface area (Å²) in [5.41, 5.74) is 6.74. The predicted octanol–water partition coefficient (Wildman–Crippen LogP) is 3.09. The lowest BCUT2D eigenvalue weighted by Crippen LogP contribution is -2.42. The summed E-state index contributed by atoms with van der Waals surface area (Å²) in [5, 5.41) is 21.6. The monoisotopic (exact) mass is 464 g/mol. The average molecular weight is 465 g/mol. The normalized spacial score (nSPS) is 13.8. The molecular weight excluding hydrogens is 432 g/mol. The zero-order valence-corrected chi connectivity index (χ0v) is 19.3. The van der Waals surface area contributed by atoms with Crippen molar-refractivity contribution in [3.05, 3.63) is 96.1 Å². The van der Waals surface area contributed by atoms with Crippen molar-refractivity contribution in [3.8, 4) is 11.5 Å². The molecule has 0 heterocycles. The maximum Gasteiger partial charge on any atom is 0.255 e. The number of primary amides is 1. The van der Waals surface area contributed by atoms with E-state index in [9.17, 15) is 15.0 Å². The van der Waals surface area contributed by atoms with E-state index in [4.69, 9.17) is 15.2 Å². The topological polar surface area (TPSA) is 105 Å². The van der Waals surface area contributed by atoms with Gasteiger partial charge in [-0.2, -0.15) is 0 Å². The molecule has 1 amide bonds. The van der Waals surface area contributed by atoms with Gasteiger partial charge in [0.2, 0.25) is 0 Å². The third-order valence-electron chi connectivity index (χ3n) is 5.50. The first-order valence-electron chi connectivity index (χ1n) is 11.3. The number of amides is 1. The zero-order chi connectivity index (χ0) is 24.3. The van der Waals surface area contributed by atoms with Gasteiger partial charge < -0.3 is 25.4 Å². The number of hydrogen-bond acceptors (Lipinski definition) is 6. The van der Waals surface area contributed by atoms with Gasteiger partial charge in [-0.3, -0.25) is 9.69 Å². The highest BCUT2D eigenvalue weighted by Crippen LogP contribution is 2.22. The Morgan fingerprint density at radius 3 is 1.68 bits per heavy atom. The summed E-state index contributed by atoms with van der Waals surface area (Å²) in [7, 11) is 0. The van der Waals surface area contributed by atoms with Crippen LogP contribution in [0.1, 0.15) is 30.3 Å². The van der Waals surface area contributed by atoms with Crippen LogP contribution >= 0.6 is 0 Å². The minimum atomic E-state index is -0.701. The molecule has 0 aliphatic rings. The summed E-state index contributed by atoms with van der Waals surface area (Å²) in [4.78, 5) is 12.9. The molecule has 0 bridgehead atoms. The van der Waals surface area contributed by atoms with E-state index >= 15 is 0 Å². The first kappa shape index (κ1) is 25.2. The second-order valence-electron chi connectivity index (χ2n) is 8.19. The molecule has 180 valence electrons. The number of benzene rings is 3. The van der Waals surface area contributed by atoms with Crippen molar-refractivity contribution < 1.29 is 24.5 Å². The van der Waals surface area contributed by atoms with Crippen LogP contribution in [0.5, 0.6) is 11.5 Å². The maximum absolute atomic E-state index is 10.8. The Hall–Kier alpha value is -3.39. The molecule has 0 saturated heterocycles. The molecule has 0 radical (unpaired) electrons.